The summed E-state index contributed by atoms with van der Waals surface area (Å²) < 4.78 is 5.50. The molecule has 0 spiro atoms. The lowest BCUT2D eigenvalue weighted by molar-refractivity contribution is 0.121. The lowest BCUT2D eigenvalue weighted by atomic mass is 9.78. The zero-order valence-corrected chi connectivity index (χ0v) is 12.7. The van der Waals surface area contributed by atoms with Gasteiger partial charge < -0.3 is 10.1 Å². The van der Waals surface area contributed by atoms with Crippen molar-refractivity contribution in [1.82, 2.24) is 5.32 Å². The first-order chi connectivity index (χ1) is 8.44. The van der Waals surface area contributed by atoms with Gasteiger partial charge in [0.15, 0.2) is 0 Å². The van der Waals surface area contributed by atoms with Crippen LogP contribution in [0.5, 0.6) is 0 Å². The van der Waals surface area contributed by atoms with Crippen LogP contribution in [0.2, 0.25) is 0 Å². The van der Waals surface area contributed by atoms with Gasteiger partial charge in [-0.3, -0.25) is 0 Å². The van der Waals surface area contributed by atoms with Gasteiger partial charge in [0.2, 0.25) is 0 Å². The van der Waals surface area contributed by atoms with Gasteiger partial charge in [0.05, 0.1) is 0 Å². The van der Waals surface area contributed by atoms with Gasteiger partial charge >= 0.3 is 0 Å². The Morgan fingerprint density at radius 3 is 2.44 bits per heavy atom. The predicted octanol–water partition coefficient (Wildman–Crippen LogP) is 3.61. The number of fused-ring (bicyclic) bond motifs is 1. The van der Waals surface area contributed by atoms with Crippen molar-refractivity contribution < 1.29 is 4.74 Å². The maximum Gasteiger partial charge on any atom is 0.0466 e. The molecule has 0 saturated heterocycles. The largest absolute Gasteiger partial charge is 0.382 e. The van der Waals surface area contributed by atoms with Crippen LogP contribution in [-0.4, -0.2) is 25.3 Å². The van der Waals surface area contributed by atoms with Crippen molar-refractivity contribution in [2.75, 3.05) is 19.8 Å². The Bertz CT molecular complexity index is 259. The van der Waals surface area contributed by atoms with Crippen LogP contribution in [0.15, 0.2) is 0 Å². The molecule has 2 saturated carbocycles. The summed E-state index contributed by atoms with van der Waals surface area (Å²) in [7, 11) is 0. The first-order valence-corrected chi connectivity index (χ1v) is 7.77. The quantitative estimate of drug-likeness (QED) is 0.700. The molecule has 2 atom stereocenters. The van der Waals surface area contributed by atoms with E-state index >= 15 is 0 Å². The number of hydrogen-bond donors (Lipinski definition) is 1. The maximum atomic E-state index is 5.50. The summed E-state index contributed by atoms with van der Waals surface area (Å²) in [5, 5.41) is 3.75. The van der Waals surface area contributed by atoms with E-state index in [0.29, 0.717) is 5.41 Å². The molecule has 2 aliphatic rings. The number of rotatable bonds is 7. The van der Waals surface area contributed by atoms with Gasteiger partial charge in [0.25, 0.3) is 0 Å². The molecule has 2 heteroatoms. The Hall–Kier alpha value is -0.0800. The summed E-state index contributed by atoms with van der Waals surface area (Å²) in [4.78, 5) is 0. The lowest BCUT2D eigenvalue weighted by Crippen LogP contribution is -2.43. The molecule has 0 aromatic carbocycles. The average molecular weight is 253 g/mol. The van der Waals surface area contributed by atoms with Crippen molar-refractivity contribution in [2.24, 2.45) is 17.3 Å². The van der Waals surface area contributed by atoms with Crippen molar-refractivity contribution >= 4 is 0 Å². The van der Waals surface area contributed by atoms with Crippen molar-refractivity contribution in [3.05, 3.63) is 0 Å². The summed E-state index contributed by atoms with van der Waals surface area (Å²) in [5.41, 5.74) is 0.831. The molecule has 0 amide bonds. The average Bonchev–Trinajstić information content (AvgIpc) is 2.90. The molecule has 2 aliphatic carbocycles. The van der Waals surface area contributed by atoms with Gasteiger partial charge in [0, 0.05) is 25.3 Å². The summed E-state index contributed by atoms with van der Waals surface area (Å²) in [5.74, 6) is 2.14. The van der Waals surface area contributed by atoms with Gasteiger partial charge in [-0.1, -0.05) is 0 Å². The second-order valence-corrected chi connectivity index (χ2v) is 7.57. The number of hydrogen-bond acceptors (Lipinski definition) is 2. The van der Waals surface area contributed by atoms with E-state index in [4.69, 9.17) is 4.74 Å². The first-order valence-electron chi connectivity index (χ1n) is 7.77. The lowest BCUT2D eigenvalue weighted by Gasteiger charge is -2.35. The molecule has 0 radical (unpaired) electrons. The van der Waals surface area contributed by atoms with Crippen LogP contribution in [0.4, 0.5) is 0 Å². The molecule has 106 valence electrons. The Balaban J connectivity index is 1.80. The molecule has 0 aliphatic heterocycles. The van der Waals surface area contributed by atoms with Gasteiger partial charge in [-0.15, -0.1) is 0 Å². The summed E-state index contributed by atoms with van der Waals surface area (Å²) in [6.45, 7) is 11.9. The molecular formula is C16H31NO. The van der Waals surface area contributed by atoms with Gasteiger partial charge in [-0.05, 0) is 77.0 Å². The molecule has 0 aromatic rings. The second kappa shape index (κ2) is 5.50. The molecule has 1 N–H and O–H groups in total. The van der Waals surface area contributed by atoms with Crippen molar-refractivity contribution in [3.8, 4) is 0 Å². The molecule has 0 aromatic heterocycles. The highest BCUT2D eigenvalue weighted by molar-refractivity contribution is 5.04. The molecule has 0 bridgehead atoms. The fraction of sp³-hybridized carbons (Fsp3) is 1.00. The minimum absolute atomic E-state index is 0.250. The summed E-state index contributed by atoms with van der Waals surface area (Å²) >= 11 is 0. The second-order valence-electron chi connectivity index (χ2n) is 7.57. The Labute approximate surface area is 113 Å². The zero-order chi connectivity index (χ0) is 13.2. The third-order valence-electron chi connectivity index (χ3n) is 4.65. The molecule has 2 fully saturated rings. The minimum Gasteiger partial charge on any atom is -0.382 e. The van der Waals surface area contributed by atoms with E-state index in [9.17, 15) is 0 Å². The summed E-state index contributed by atoms with van der Waals surface area (Å²) in [6, 6.07) is 0. The monoisotopic (exact) mass is 253 g/mol. The number of nitrogens with one attached hydrogen (secondary N) is 1. The minimum atomic E-state index is 0.250. The Morgan fingerprint density at radius 1 is 1.22 bits per heavy atom. The zero-order valence-electron chi connectivity index (χ0n) is 12.7. The number of ether oxygens (including phenoxy) is 1. The molecule has 2 nitrogen and oxygen atoms in total. The standard InChI is InChI=1S/C16H31NO/c1-5-18-8-6-7-16(12-17-15(2,3)4)10-13-9-14(13)11-16/h13-14,17H,5-12H2,1-4H3. The highest BCUT2D eigenvalue weighted by atomic mass is 16.5. The van der Waals surface area contributed by atoms with E-state index in [1.54, 1.807) is 0 Å². The van der Waals surface area contributed by atoms with E-state index < -0.39 is 0 Å². The topological polar surface area (TPSA) is 21.3 Å². The fourth-order valence-corrected chi connectivity index (χ4v) is 3.59. The Morgan fingerprint density at radius 2 is 1.89 bits per heavy atom. The third-order valence-corrected chi connectivity index (χ3v) is 4.65. The van der Waals surface area contributed by atoms with Crippen LogP contribution in [0, 0.1) is 17.3 Å². The van der Waals surface area contributed by atoms with Crippen LogP contribution in [0.3, 0.4) is 0 Å². The van der Waals surface area contributed by atoms with E-state index in [2.05, 4.69) is 33.0 Å². The smallest absolute Gasteiger partial charge is 0.0466 e. The molecule has 2 rings (SSSR count). The van der Waals surface area contributed by atoms with Gasteiger partial charge in [-0.25, -0.2) is 0 Å². The van der Waals surface area contributed by atoms with Crippen LogP contribution < -0.4 is 5.32 Å². The third kappa shape index (κ3) is 3.96. The highest BCUT2D eigenvalue weighted by Crippen LogP contribution is 2.61. The predicted molar refractivity (Wildman–Crippen MR) is 76.7 cm³/mol. The van der Waals surface area contributed by atoms with Crippen molar-refractivity contribution in [1.29, 1.82) is 0 Å². The highest BCUT2D eigenvalue weighted by Gasteiger charge is 2.53. The molecule has 2 unspecified atom stereocenters. The van der Waals surface area contributed by atoms with Crippen LogP contribution in [0.1, 0.15) is 59.8 Å². The van der Waals surface area contributed by atoms with E-state index in [-0.39, 0.29) is 5.54 Å². The van der Waals surface area contributed by atoms with Crippen molar-refractivity contribution in [3.63, 3.8) is 0 Å². The normalized spacial score (nSPS) is 34.7. The first kappa shape index (κ1) is 14.3. The molecule has 18 heavy (non-hydrogen) atoms. The Kier molecular flexibility index (Phi) is 4.38. The SMILES string of the molecule is CCOCCCC1(CNC(C)(C)C)CC2CC2C1. The molecule has 0 heterocycles. The van der Waals surface area contributed by atoms with Crippen LogP contribution in [0.25, 0.3) is 0 Å². The van der Waals surface area contributed by atoms with Crippen molar-refractivity contribution in [2.45, 2.75) is 65.3 Å². The maximum absolute atomic E-state index is 5.50. The van der Waals surface area contributed by atoms with Gasteiger partial charge in [0.1, 0.15) is 0 Å². The summed E-state index contributed by atoms with van der Waals surface area (Å²) in [6.07, 6.45) is 7.03. The fourth-order valence-electron chi connectivity index (χ4n) is 3.59. The van der Waals surface area contributed by atoms with E-state index in [1.165, 1.54) is 38.6 Å². The van der Waals surface area contributed by atoms with Crippen LogP contribution >= 0.6 is 0 Å². The van der Waals surface area contributed by atoms with E-state index in [1.807, 2.05) is 0 Å². The molecular weight excluding hydrogens is 222 g/mol. The van der Waals surface area contributed by atoms with Gasteiger partial charge in [-0.2, -0.15) is 0 Å². The van der Waals surface area contributed by atoms with Crippen LogP contribution in [-0.2, 0) is 4.74 Å². The van der Waals surface area contributed by atoms with E-state index in [0.717, 1.165) is 25.0 Å².